The smallest absolute Gasteiger partial charge is 0.264 e. The summed E-state index contributed by atoms with van der Waals surface area (Å²) in [6, 6.07) is 4.97. The molecule has 0 radical (unpaired) electrons. The number of benzene rings is 1. The van der Waals surface area contributed by atoms with Gasteiger partial charge in [0.15, 0.2) is 0 Å². The molecule has 0 aliphatic rings. The number of rotatable bonds is 7. The highest BCUT2D eigenvalue weighted by atomic mass is 32.2. The number of nitrogens with one attached hydrogen (secondary N) is 1. The summed E-state index contributed by atoms with van der Waals surface area (Å²) in [5, 5.41) is 0.952. The lowest BCUT2D eigenvalue weighted by Crippen LogP contribution is -2.41. The molecule has 1 heterocycles. The molecule has 0 spiro atoms. The van der Waals surface area contributed by atoms with Crippen molar-refractivity contribution in [3.63, 3.8) is 0 Å². The van der Waals surface area contributed by atoms with Crippen LogP contribution < -0.4 is 16.6 Å². The maximum atomic E-state index is 11.8. The second kappa shape index (κ2) is 6.79. The van der Waals surface area contributed by atoms with Gasteiger partial charge >= 0.3 is 0 Å². The van der Waals surface area contributed by atoms with Crippen LogP contribution in [-0.4, -0.2) is 26.3 Å². The van der Waals surface area contributed by atoms with Gasteiger partial charge in [0.2, 0.25) is 10.9 Å². The Morgan fingerprint density at radius 3 is 2.62 bits per heavy atom. The summed E-state index contributed by atoms with van der Waals surface area (Å²) in [6.45, 7) is 1.73. The molecule has 1 atom stereocenters. The second-order valence-electron chi connectivity index (χ2n) is 6.42. The summed E-state index contributed by atoms with van der Waals surface area (Å²) in [5.41, 5.74) is 8.69. The predicted molar refractivity (Wildman–Crippen MR) is 99.5 cm³/mol. The van der Waals surface area contributed by atoms with Crippen molar-refractivity contribution in [3.05, 3.63) is 67.1 Å². The summed E-state index contributed by atoms with van der Waals surface area (Å²) in [4.78, 5) is 26.4. The minimum Gasteiger partial charge on any atom is -0.361 e. The number of aromatic nitrogens is 1. The van der Waals surface area contributed by atoms with Gasteiger partial charge in [0.1, 0.15) is 0 Å². The molecule has 0 amide bonds. The molecule has 3 rings (SSSR count). The third-order valence-electron chi connectivity index (χ3n) is 4.54. The highest BCUT2D eigenvalue weighted by Gasteiger charge is 2.24. The van der Waals surface area contributed by atoms with Crippen molar-refractivity contribution in [1.29, 1.82) is 0 Å². The molecule has 0 aliphatic heterocycles. The molecule has 0 fully saturated rings. The summed E-state index contributed by atoms with van der Waals surface area (Å²) < 4.78 is 26.8. The van der Waals surface area contributed by atoms with E-state index in [1.807, 2.05) is 24.4 Å². The highest BCUT2D eigenvalue weighted by Crippen LogP contribution is 2.26. The van der Waals surface area contributed by atoms with Crippen LogP contribution in [0.25, 0.3) is 10.9 Å². The molecule has 0 aliphatic carbocycles. The first kappa shape index (κ1) is 18.5. The molecular weight excluding hydrogens is 356 g/mol. The number of fused-ring (bicyclic) bond motifs is 1. The van der Waals surface area contributed by atoms with E-state index >= 15 is 0 Å². The molecule has 0 saturated carbocycles. The third-order valence-corrected chi connectivity index (χ3v) is 5.14. The number of H-pyrrole nitrogens is 1. The summed E-state index contributed by atoms with van der Waals surface area (Å²) in [6.07, 6.45) is 4.07. The van der Waals surface area contributed by atoms with Gasteiger partial charge in [-0.3, -0.25) is 13.8 Å². The van der Waals surface area contributed by atoms with E-state index in [2.05, 4.69) is 4.98 Å². The zero-order valence-electron chi connectivity index (χ0n) is 14.5. The lowest BCUT2D eigenvalue weighted by Gasteiger charge is -2.16. The summed E-state index contributed by atoms with van der Waals surface area (Å²) >= 11 is 0. The predicted octanol–water partition coefficient (Wildman–Crippen LogP) is 1.03. The van der Waals surface area contributed by atoms with Crippen molar-refractivity contribution in [1.82, 2.24) is 4.98 Å². The molecule has 3 aromatic rings. The number of nitrogens with two attached hydrogens (primary N) is 1. The number of aromatic amines is 1. The van der Waals surface area contributed by atoms with E-state index in [9.17, 15) is 18.0 Å². The molecule has 0 bridgehead atoms. The van der Waals surface area contributed by atoms with Crippen LogP contribution in [-0.2, 0) is 20.7 Å². The van der Waals surface area contributed by atoms with E-state index in [1.165, 1.54) is 0 Å². The zero-order chi connectivity index (χ0) is 19.1. The van der Waals surface area contributed by atoms with Crippen molar-refractivity contribution in [2.75, 3.05) is 12.9 Å². The van der Waals surface area contributed by atoms with Crippen molar-refractivity contribution in [3.8, 4) is 0 Å². The number of aryl methyl sites for hydroxylation is 1. The van der Waals surface area contributed by atoms with Crippen LogP contribution in [0, 0.1) is 6.92 Å². The van der Waals surface area contributed by atoms with Gasteiger partial charge in [-0.1, -0.05) is 6.07 Å². The van der Waals surface area contributed by atoms with E-state index in [0.29, 0.717) is 24.0 Å². The first-order valence-corrected chi connectivity index (χ1v) is 10.0. The Labute approximate surface area is 150 Å². The SMILES string of the molecule is Cc1c(C(N)c2ccc3[nH]cc(CCCOS(C)(=O)=O)c3c2)c(=O)c1=O. The first-order valence-electron chi connectivity index (χ1n) is 8.18. The monoisotopic (exact) mass is 376 g/mol. The minimum atomic E-state index is -3.44. The van der Waals surface area contributed by atoms with Crippen LogP contribution in [0.3, 0.4) is 0 Å². The van der Waals surface area contributed by atoms with Crippen LogP contribution in [0.2, 0.25) is 0 Å². The fourth-order valence-electron chi connectivity index (χ4n) is 3.13. The first-order chi connectivity index (χ1) is 12.2. The van der Waals surface area contributed by atoms with E-state index in [0.717, 1.165) is 28.3 Å². The van der Waals surface area contributed by atoms with Crippen LogP contribution in [0.5, 0.6) is 0 Å². The Bertz CT molecular complexity index is 1140. The van der Waals surface area contributed by atoms with Crippen LogP contribution >= 0.6 is 0 Å². The van der Waals surface area contributed by atoms with Crippen LogP contribution in [0.4, 0.5) is 0 Å². The number of hydrogen-bond donors (Lipinski definition) is 2. The molecule has 1 unspecified atom stereocenters. The highest BCUT2D eigenvalue weighted by molar-refractivity contribution is 7.85. The second-order valence-corrected chi connectivity index (χ2v) is 8.07. The van der Waals surface area contributed by atoms with Gasteiger partial charge in [-0.2, -0.15) is 8.42 Å². The average molecular weight is 376 g/mol. The summed E-state index contributed by atoms with van der Waals surface area (Å²) in [5.74, 6) is 0. The lowest BCUT2D eigenvalue weighted by molar-refractivity contribution is 0.316. The Hall–Kier alpha value is -2.29. The Kier molecular flexibility index (Phi) is 4.83. The maximum absolute atomic E-state index is 11.8. The van der Waals surface area contributed by atoms with Gasteiger partial charge < -0.3 is 10.7 Å². The standard InChI is InChI=1S/C18H20N2O5S/c1-10-15(18(22)17(10)21)16(19)11-5-6-14-13(8-11)12(9-20-14)4-3-7-25-26(2,23)24/h5-6,8-9,16,20H,3-4,7,19H2,1-2H3. The zero-order valence-corrected chi connectivity index (χ0v) is 15.4. The van der Waals surface area contributed by atoms with Gasteiger partial charge in [-0.05, 0) is 43.0 Å². The molecule has 1 aromatic heterocycles. The van der Waals surface area contributed by atoms with Gasteiger partial charge in [0, 0.05) is 28.2 Å². The van der Waals surface area contributed by atoms with Crippen molar-refractivity contribution in [2.45, 2.75) is 25.8 Å². The molecule has 26 heavy (non-hydrogen) atoms. The van der Waals surface area contributed by atoms with E-state index in [1.54, 1.807) is 6.92 Å². The minimum absolute atomic E-state index is 0.118. The van der Waals surface area contributed by atoms with Gasteiger partial charge in [0.25, 0.3) is 10.1 Å². The molecule has 138 valence electrons. The Morgan fingerprint density at radius 1 is 1.23 bits per heavy atom. The fraction of sp³-hybridized carbons (Fsp3) is 0.333. The van der Waals surface area contributed by atoms with Crippen molar-refractivity contribution in [2.24, 2.45) is 5.73 Å². The van der Waals surface area contributed by atoms with Crippen LogP contribution in [0.15, 0.2) is 34.0 Å². The largest absolute Gasteiger partial charge is 0.361 e. The molecular formula is C18H20N2O5S. The molecule has 7 nitrogen and oxygen atoms in total. The van der Waals surface area contributed by atoms with E-state index in [-0.39, 0.29) is 6.61 Å². The summed E-state index contributed by atoms with van der Waals surface area (Å²) in [7, 11) is -3.44. The van der Waals surface area contributed by atoms with Gasteiger partial charge in [-0.25, -0.2) is 0 Å². The topological polar surface area (TPSA) is 119 Å². The molecule has 2 aromatic carbocycles. The lowest BCUT2D eigenvalue weighted by atomic mass is 9.90. The van der Waals surface area contributed by atoms with E-state index < -0.39 is 27.0 Å². The molecule has 8 heteroatoms. The molecule has 3 N–H and O–H groups in total. The van der Waals surface area contributed by atoms with Gasteiger partial charge in [0.05, 0.1) is 18.9 Å². The third kappa shape index (κ3) is 3.48. The fourth-order valence-corrected chi connectivity index (χ4v) is 3.55. The number of hydrogen-bond acceptors (Lipinski definition) is 6. The van der Waals surface area contributed by atoms with E-state index in [4.69, 9.17) is 9.92 Å². The quantitative estimate of drug-likeness (QED) is 0.361. The van der Waals surface area contributed by atoms with Crippen LogP contribution in [0.1, 0.15) is 34.7 Å². The normalized spacial score (nSPS) is 13.5. The Morgan fingerprint density at radius 2 is 1.96 bits per heavy atom. The maximum Gasteiger partial charge on any atom is 0.264 e. The van der Waals surface area contributed by atoms with Gasteiger partial charge in [-0.15, -0.1) is 0 Å². The van der Waals surface area contributed by atoms with Crippen molar-refractivity contribution >= 4 is 21.0 Å². The average Bonchev–Trinajstić information content (AvgIpc) is 3.00. The van der Waals surface area contributed by atoms with Crippen molar-refractivity contribution < 1.29 is 12.6 Å². The Balaban J connectivity index is 1.82. The molecule has 0 saturated heterocycles.